The van der Waals surface area contributed by atoms with Crippen LogP contribution in [0.15, 0.2) is 6.20 Å². The maximum atomic E-state index is 13.1. The van der Waals surface area contributed by atoms with Crippen LogP contribution in [0.4, 0.5) is 13.2 Å². The predicted molar refractivity (Wildman–Crippen MR) is 66.3 cm³/mol. The minimum atomic E-state index is -4.59. The molecule has 0 radical (unpaired) electrons. The Bertz CT molecular complexity index is 497. The number of alkyl halides is 3. The molecule has 1 amide bonds. The fourth-order valence-electron chi connectivity index (χ4n) is 2.37. The molecule has 1 fully saturated rings. The Kier molecular flexibility index (Phi) is 4.03. The van der Waals surface area contributed by atoms with Crippen LogP contribution < -0.4 is 5.32 Å². The fraction of sp³-hybridized carbons (Fsp3) is 0.667. The van der Waals surface area contributed by atoms with E-state index in [4.69, 9.17) is 0 Å². The number of piperazine rings is 1. The first kappa shape index (κ1) is 14.8. The van der Waals surface area contributed by atoms with E-state index in [2.05, 4.69) is 10.4 Å². The van der Waals surface area contributed by atoms with Gasteiger partial charge in [-0.05, 0) is 13.8 Å². The van der Waals surface area contributed by atoms with E-state index in [1.165, 1.54) is 4.90 Å². The van der Waals surface area contributed by atoms with Gasteiger partial charge in [0.15, 0.2) is 5.69 Å². The largest absolute Gasteiger partial charge is 0.433 e. The quantitative estimate of drug-likeness (QED) is 0.894. The summed E-state index contributed by atoms with van der Waals surface area (Å²) in [5, 5.41) is 6.81. The van der Waals surface area contributed by atoms with Gasteiger partial charge in [0, 0.05) is 32.2 Å². The number of nitrogens with one attached hydrogen (secondary N) is 1. The smallest absolute Gasteiger partial charge is 0.336 e. The number of carbonyl (C=O) groups excluding carboxylic acids is 1. The molecule has 0 bridgehead atoms. The van der Waals surface area contributed by atoms with Crippen molar-refractivity contribution in [2.24, 2.45) is 0 Å². The molecule has 1 aromatic rings. The zero-order valence-corrected chi connectivity index (χ0v) is 11.4. The summed E-state index contributed by atoms with van der Waals surface area (Å²) < 4.78 is 40.1. The highest BCUT2D eigenvalue weighted by Crippen LogP contribution is 2.32. The van der Waals surface area contributed by atoms with Gasteiger partial charge in [0.25, 0.3) is 5.91 Å². The second kappa shape index (κ2) is 5.43. The van der Waals surface area contributed by atoms with Gasteiger partial charge in [0.2, 0.25) is 0 Å². The third-order valence-electron chi connectivity index (χ3n) is 3.29. The summed E-state index contributed by atoms with van der Waals surface area (Å²) in [6.07, 6.45) is -3.57. The van der Waals surface area contributed by atoms with Gasteiger partial charge in [0.05, 0.1) is 11.8 Å². The van der Waals surface area contributed by atoms with Crippen LogP contribution in [0.3, 0.4) is 0 Å². The molecule has 0 aromatic carbocycles. The number of aromatic nitrogens is 2. The van der Waals surface area contributed by atoms with Gasteiger partial charge in [-0.25, -0.2) is 0 Å². The zero-order valence-electron chi connectivity index (χ0n) is 11.4. The third kappa shape index (κ3) is 2.79. The Morgan fingerprint density at radius 1 is 1.55 bits per heavy atom. The lowest BCUT2D eigenvalue weighted by atomic mass is 10.1. The minimum Gasteiger partial charge on any atom is -0.336 e. The molecule has 1 atom stereocenters. The van der Waals surface area contributed by atoms with Crippen LogP contribution >= 0.6 is 0 Å². The van der Waals surface area contributed by atoms with Crippen molar-refractivity contribution in [3.8, 4) is 0 Å². The zero-order chi connectivity index (χ0) is 14.9. The molecule has 20 heavy (non-hydrogen) atoms. The van der Waals surface area contributed by atoms with Crippen LogP contribution in [-0.4, -0.2) is 46.3 Å². The van der Waals surface area contributed by atoms with Crippen LogP contribution in [0.5, 0.6) is 0 Å². The van der Waals surface area contributed by atoms with E-state index < -0.39 is 17.8 Å². The number of hydrogen-bond donors (Lipinski definition) is 1. The molecular formula is C12H17F3N4O. The van der Waals surface area contributed by atoms with Crippen molar-refractivity contribution < 1.29 is 18.0 Å². The number of amides is 1. The lowest BCUT2D eigenvalue weighted by molar-refractivity contribution is -0.144. The fourth-order valence-corrected chi connectivity index (χ4v) is 2.37. The molecule has 1 aliphatic rings. The van der Waals surface area contributed by atoms with E-state index in [9.17, 15) is 18.0 Å². The average molecular weight is 290 g/mol. The van der Waals surface area contributed by atoms with E-state index in [0.717, 1.165) is 10.9 Å². The first-order chi connectivity index (χ1) is 9.34. The van der Waals surface area contributed by atoms with Crippen LogP contribution in [0, 0.1) is 0 Å². The molecule has 8 heteroatoms. The molecule has 1 N–H and O–H groups in total. The summed E-state index contributed by atoms with van der Waals surface area (Å²) in [7, 11) is 0. The van der Waals surface area contributed by atoms with Gasteiger partial charge >= 0.3 is 6.18 Å². The molecular weight excluding hydrogens is 273 g/mol. The van der Waals surface area contributed by atoms with Crippen molar-refractivity contribution in [3.63, 3.8) is 0 Å². The Labute approximate surface area is 114 Å². The molecule has 0 spiro atoms. The molecule has 1 saturated heterocycles. The van der Waals surface area contributed by atoms with Gasteiger partial charge in [-0.1, -0.05) is 0 Å². The molecule has 0 saturated carbocycles. The SMILES string of the molecule is CCn1ncc(C(=O)N2CCN[C@@H](C)C2)c1C(F)(F)F. The molecule has 2 rings (SSSR count). The van der Waals surface area contributed by atoms with Crippen molar-refractivity contribution in [3.05, 3.63) is 17.5 Å². The van der Waals surface area contributed by atoms with Crippen LogP contribution in [-0.2, 0) is 12.7 Å². The van der Waals surface area contributed by atoms with Gasteiger partial charge in [-0.3, -0.25) is 9.48 Å². The number of carbonyl (C=O) groups is 1. The summed E-state index contributed by atoms with van der Waals surface area (Å²) in [6.45, 7) is 4.89. The number of halogens is 3. The van der Waals surface area contributed by atoms with Crippen LogP contribution in [0.25, 0.3) is 0 Å². The highest BCUT2D eigenvalue weighted by Gasteiger charge is 2.41. The lowest BCUT2D eigenvalue weighted by Crippen LogP contribution is -2.51. The molecule has 5 nitrogen and oxygen atoms in total. The van der Waals surface area contributed by atoms with Gasteiger partial charge in [-0.15, -0.1) is 0 Å². The van der Waals surface area contributed by atoms with Crippen LogP contribution in [0.1, 0.15) is 29.9 Å². The van der Waals surface area contributed by atoms with E-state index in [-0.39, 0.29) is 18.2 Å². The maximum Gasteiger partial charge on any atom is 0.433 e. The highest BCUT2D eigenvalue weighted by molar-refractivity contribution is 5.95. The van der Waals surface area contributed by atoms with Crippen LogP contribution in [0.2, 0.25) is 0 Å². The first-order valence-electron chi connectivity index (χ1n) is 6.50. The van der Waals surface area contributed by atoms with Gasteiger partial charge in [-0.2, -0.15) is 18.3 Å². The number of aryl methyl sites for hydroxylation is 1. The number of hydrogen-bond acceptors (Lipinski definition) is 3. The van der Waals surface area contributed by atoms with E-state index >= 15 is 0 Å². The molecule has 1 aromatic heterocycles. The number of nitrogens with zero attached hydrogens (tertiary/aromatic N) is 3. The minimum absolute atomic E-state index is 0.0695. The number of rotatable bonds is 2. The first-order valence-corrected chi connectivity index (χ1v) is 6.50. The Morgan fingerprint density at radius 3 is 2.80 bits per heavy atom. The summed E-state index contributed by atoms with van der Waals surface area (Å²) in [6, 6.07) is 0.0725. The summed E-state index contributed by atoms with van der Waals surface area (Å²) >= 11 is 0. The van der Waals surface area contributed by atoms with Gasteiger partial charge in [0.1, 0.15) is 0 Å². The van der Waals surface area contributed by atoms with Crippen molar-refractivity contribution >= 4 is 5.91 Å². The topological polar surface area (TPSA) is 50.2 Å². The third-order valence-corrected chi connectivity index (χ3v) is 3.29. The summed E-state index contributed by atoms with van der Waals surface area (Å²) in [5.41, 5.74) is -1.33. The van der Waals surface area contributed by atoms with E-state index in [1.807, 2.05) is 6.92 Å². The molecule has 2 heterocycles. The monoisotopic (exact) mass is 290 g/mol. The molecule has 112 valence electrons. The Morgan fingerprint density at radius 2 is 2.25 bits per heavy atom. The highest BCUT2D eigenvalue weighted by atomic mass is 19.4. The van der Waals surface area contributed by atoms with Crippen molar-refractivity contribution in [1.29, 1.82) is 0 Å². The standard InChI is InChI=1S/C12H17F3N4O/c1-3-19-10(12(13,14)15)9(6-17-19)11(20)18-5-4-16-8(2)7-18/h6,8,16H,3-5,7H2,1-2H3/t8-/m0/s1. The predicted octanol–water partition coefficient (Wildman–Crippen LogP) is 1.36. The average Bonchev–Trinajstić information content (AvgIpc) is 2.81. The summed E-state index contributed by atoms with van der Waals surface area (Å²) in [4.78, 5) is 13.7. The Hall–Kier alpha value is -1.57. The Balaban J connectivity index is 2.32. The summed E-state index contributed by atoms with van der Waals surface area (Å²) in [5.74, 6) is -0.606. The second-order valence-corrected chi connectivity index (χ2v) is 4.83. The van der Waals surface area contributed by atoms with Crippen molar-refractivity contribution in [1.82, 2.24) is 20.0 Å². The van der Waals surface area contributed by atoms with E-state index in [1.54, 1.807) is 6.92 Å². The lowest BCUT2D eigenvalue weighted by Gasteiger charge is -2.32. The molecule has 0 unspecified atom stereocenters. The molecule has 1 aliphatic heterocycles. The molecule has 0 aliphatic carbocycles. The second-order valence-electron chi connectivity index (χ2n) is 4.83. The van der Waals surface area contributed by atoms with Crippen molar-refractivity contribution in [2.45, 2.75) is 32.6 Å². The van der Waals surface area contributed by atoms with Crippen molar-refractivity contribution in [2.75, 3.05) is 19.6 Å². The maximum absolute atomic E-state index is 13.1. The van der Waals surface area contributed by atoms with Gasteiger partial charge < -0.3 is 10.2 Å². The van der Waals surface area contributed by atoms with E-state index in [0.29, 0.717) is 19.6 Å². The normalized spacial score (nSPS) is 20.2.